The standard InChI is InChI=1S/C28H26N6O2/c1-2-3-14-36-24-15-25(27-22(17-29)19-32-34(27)20-24)21-7-8-26(31-18-21)33-12-9-28(35,10-13-33)16-23-6-4-5-11-30-23/h1,4-8,11,15,18-20,35H,3,9-10,12-14,16H2. The lowest BCUT2D eigenvalue weighted by atomic mass is 9.87. The van der Waals surface area contributed by atoms with Crippen LogP contribution in [0, 0.1) is 23.7 Å². The minimum Gasteiger partial charge on any atom is -0.491 e. The van der Waals surface area contributed by atoms with Crippen LogP contribution in [0.4, 0.5) is 5.82 Å². The molecule has 0 spiro atoms. The maximum absolute atomic E-state index is 11.1. The average Bonchev–Trinajstić information content (AvgIpc) is 3.33. The minimum absolute atomic E-state index is 0.395. The van der Waals surface area contributed by atoms with E-state index in [-0.39, 0.29) is 0 Å². The first-order valence-electron chi connectivity index (χ1n) is 11.9. The van der Waals surface area contributed by atoms with Gasteiger partial charge in [0.25, 0.3) is 0 Å². The summed E-state index contributed by atoms with van der Waals surface area (Å²) in [7, 11) is 0. The number of aliphatic hydroxyl groups is 1. The molecule has 4 aromatic heterocycles. The Kier molecular flexibility index (Phi) is 6.53. The molecule has 0 atom stereocenters. The SMILES string of the molecule is C#CCCOc1cc(-c2ccc(N3CCC(O)(Cc4ccccn4)CC3)nc2)c2c(C#N)cnn2c1. The number of hydrogen-bond donors (Lipinski definition) is 1. The van der Waals surface area contributed by atoms with Gasteiger partial charge in [0.2, 0.25) is 0 Å². The van der Waals surface area contributed by atoms with Gasteiger partial charge in [-0.2, -0.15) is 10.4 Å². The molecular formula is C28H26N6O2. The first-order chi connectivity index (χ1) is 17.6. The van der Waals surface area contributed by atoms with Gasteiger partial charge in [0.15, 0.2) is 0 Å². The van der Waals surface area contributed by atoms with Crippen molar-refractivity contribution in [3.05, 3.63) is 72.4 Å². The second-order valence-corrected chi connectivity index (χ2v) is 8.97. The van der Waals surface area contributed by atoms with E-state index in [4.69, 9.17) is 16.1 Å². The van der Waals surface area contributed by atoms with Gasteiger partial charge in [-0.05, 0) is 43.2 Å². The zero-order valence-corrected chi connectivity index (χ0v) is 19.8. The smallest absolute Gasteiger partial charge is 0.138 e. The van der Waals surface area contributed by atoms with Gasteiger partial charge >= 0.3 is 0 Å². The third-order valence-electron chi connectivity index (χ3n) is 6.54. The minimum atomic E-state index is -0.758. The van der Waals surface area contributed by atoms with Crippen LogP contribution < -0.4 is 9.64 Å². The van der Waals surface area contributed by atoms with Crippen molar-refractivity contribution in [2.75, 3.05) is 24.6 Å². The number of ether oxygens (including phenoxy) is 1. The lowest BCUT2D eigenvalue weighted by Crippen LogP contribution is -2.46. The summed E-state index contributed by atoms with van der Waals surface area (Å²) in [5.74, 6) is 4.04. The first kappa shape index (κ1) is 23.3. The summed E-state index contributed by atoms with van der Waals surface area (Å²) in [5.41, 5.74) is 2.99. The maximum Gasteiger partial charge on any atom is 0.138 e. The molecule has 8 heteroatoms. The van der Waals surface area contributed by atoms with Crippen LogP contribution >= 0.6 is 0 Å². The van der Waals surface area contributed by atoms with Gasteiger partial charge in [0, 0.05) is 55.1 Å². The molecule has 180 valence electrons. The summed E-state index contributed by atoms with van der Waals surface area (Å²) >= 11 is 0. The molecule has 1 N–H and O–H groups in total. The predicted molar refractivity (Wildman–Crippen MR) is 136 cm³/mol. The summed E-state index contributed by atoms with van der Waals surface area (Å²) in [5, 5.41) is 25.0. The topological polar surface area (TPSA) is 99.6 Å². The molecule has 1 aliphatic rings. The van der Waals surface area contributed by atoms with Gasteiger partial charge in [-0.25, -0.2) is 9.50 Å². The van der Waals surface area contributed by atoms with E-state index in [0.29, 0.717) is 62.2 Å². The van der Waals surface area contributed by atoms with Gasteiger partial charge in [-0.3, -0.25) is 4.98 Å². The Labute approximate surface area is 209 Å². The normalized spacial score (nSPS) is 14.8. The van der Waals surface area contributed by atoms with Crippen LogP contribution in [0.25, 0.3) is 16.6 Å². The first-order valence-corrected chi connectivity index (χ1v) is 11.9. The second kappa shape index (κ2) is 10.1. The van der Waals surface area contributed by atoms with Gasteiger partial charge < -0.3 is 14.7 Å². The predicted octanol–water partition coefficient (Wildman–Crippen LogP) is 3.64. The lowest BCUT2D eigenvalue weighted by molar-refractivity contribution is 0.0156. The lowest BCUT2D eigenvalue weighted by Gasteiger charge is -2.38. The molecule has 0 unspecified atom stereocenters. The third kappa shape index (κ3) is 4.86. The molecule has 1 saturated heterocycles. The van der Waals surface area contributed by atoms with Crippen molar-refractivity contribution in [3.8, 4) is 35.3 Å². The zero-order chi connectivity index (χ0) is 25.0. The van der Waals surface area contributed by atoms with Crippen molar-refractivity contribution < 1.29 is 9.84 Å². The number of fused-ring (bicyclic) bond motifs is 1. The average molecular weight is 479 g/mol. The molecule has 8 nitrogen and oxygen atoms in total. The molecule has 4 aromatic rings. The second-order valence-electron chi connectivity index (χ2n) is 8.97. The molecule has 1 fully saturated rings. The molecule has 36 heavy (non-hydrogen) atoms. The number of anilines is 1. The summed E-state index contributed by atoms with van der Waals surface area (Å²) < 4.78 is 7.45. The van der Waals surface area contributed by atoms with Crippen molar-refractivity contribution in [2.45, 2.75) is 31.3 Å². The van der Waals surface area contributed by atoms with Crippen LogP contribution in [-0.4, -0.2) is 50.0 Å². The molecule has 1 aliphatic heterocycles. The Balaban J connectivity index is 1.35. The number of hydrogen-bond acceptors (Lipinski definition) is 7. The van der Waals surface area contributed by atoms with E-state index in [9.17, 15) is 10.4 Å². The number of aromatic nitrogens is 4. The van der Waals surface area contributed by atoms with Crippen LogP contribution in [0.15, 0.2) is 61.2 Å². The Morgan fingerprint density at radius 3 is 2.69 bits per heavy atom. The highest BCUT2D eigenvalue weighted by atomic mass is 16.5. The molecule has 0 radical (unpaired) electrons. The molecule has 0 saturated carbocycles. The van der Waals surface area contributed by atoms with Gasteiger partial charge in [0.05, 0.1) is 35.7 Å². The van der Waals surface area contributed by atoms with Crippen LogP contribution in [0.1, 0.15) is 30.5 Å². The number of piperidine rings is 1. The summed E-state index contributed by atoms with van der Waals surface area (Å²) in [4.78, 5) is 11.3. The molecule has 5 heterocycles. The molecule has 0 aromatic carbocycles. The molecular weight excluding hydrogens is 452 g/mol. The van der Waals surface area contributed by atoms with Crippen molar-refractivity contribution in [2.24, 2.45) is 0 Å². The van der Waals surface area contributed by atoms with Crippen molar-refractivity contribution in [1.82, 2.24) is 19.6 Å². The molecule has 0 aliphatic carbocycles. The van der Waals surface area contributed by atoms with Gasteiger partial charge in [-0.15, -0.1) is 12.3 Å². The Morgan fingerprint density at radius 2 is 2.00 bits per heavy atom. The van der Waals surface area contributed by atoms with Crippen molar-refractivity contribution >= 4 is 11.3 Å². The van der Waals surface area contributed by atoms with E-state index in [1.807, 2.05) is 36.4 Å². The summed E-state index contributed by atoms with van der Waals surface area (Å²) in [6, 6.07) is 13.9. The highest BCUT2D eigenvalue weighted by Crippen LogP contribution is 2.33. The fraction of sp³-hybridized carbons (Fsp3) is 0.286. The summed E-state index contributed by atoms with van der Waals surface area (Å²) in [6.07, 6.45) is 14.5. The summed E-state index contributed by atoms with van der Waals surface area (Å²) in [6.45, 7) is 1.81. The van der Waals surface area contributed by atoms with E-state index < -0.39 is 5.60 Å². The molecule has 0 amide bonds. The van der Waals surface area contributed by atoms with Crippen LogP contribution in [0.2, 0.25) is 0 Å². The maximum atomic E-state index is 11.1. The zero-order valence-electron chi connectivity index (χ0n) is 19.8. The fourth-order valence-corrected chi connectivity index (χ4v) is 4.61. The third-order valence-corrected chi connectivity index (χ3v) is 6.54. The van der Waals surface area contributed by atoms with Crippen LogP contribution in [0.3, 0.4) is 0 Å². The highest BCUT2D eigenvalue weighted by Gasteiger charge is 2.33. The van der Waals surface area contributed by atoms with E-state index in [1.165, 1.54) is 0 Å². The van der Waals surface area contributed by atoms with E-state index in [0.717, 1.165) is 22.6 Å². The van der Waals surface area contributed by atoms with Crippen LogP contribution in [-0.2, 0) is 6.42 Å². The highest BCUT2D eigenvalue weighted by molar-refractivity contribution is 5.85. The number of pyridine rings is 3. The largest absolute Gasteiger partial charge is 0.491 e. The number of nitriles is 1. The van der Waals surface area contributed by atoms with E-state index in [2.05, 4.69) is 27.0 Å². The number of terminal acetylenes is 1. The van der Waals surface area contributed by atoms with Gasteiger partial charge in [0.1, 0.15) is 17.6 Å². The molecule has 0 bridgehead atoms. The fourth-order valence-electron chi connectivity index (χ4n) is 4.61. The monoisotopic (exact) mass is 478 g/mol. The Morgan fingerprint density at radius 1 is 1.14 bits per heavy atom. The van der Waals surface area contributed by atoms with E-state index >= 15 is 0 Å². The quantitative estimate of drug-likeness (QED) is 0.320. The van der Waals surface area contributed by atoms with Crippen molar-refractivity contribution in [3.63, 3.8) is 0 Å². The Hall–Kier alpha value is -4.40. The van der Waals surface area contributed by atoms with Gasteiger partial charge in [-0.1, -0.05) is 6.07 Å². The van der Waals surface area contributed by atoms with Crippen LogP contribution in [0.5, 0.6) is 5.75 Å². The number of rotatable bonds is 7. The number of nitrogens with zero attached hydrogens (tertiary/aromatic N) is 6. The van der Waals surface area contributed by atoms with Crippen molar-refractivity contribution in [1.29, 1.82) is 5.26 Å². The Bertz CT molecular complexity index is 1430. The molecule has 5 rings (SSSR count). The van der Waals surface area contributed by atoms with E-state index in [1.54, 1.807) is 29.3 Å².